The molecule has 3 amide bonds. The number of primary amides is 1. The molecule has 0 saturated heterocycles. The smallest absolute Gasteiger partial charge is 0.269 e. The first kappa shape index (κ1) is 22.4. The SMILES string of the molecule is CC(C)NC(=O)C1=NCOC1(C(N)=O)c1ccc(NC(=O)c2ccc(F)cc2Cl)cc1. The summed E-state index contributed by atoms with van der Waals surface area (Å²) in [4.78, 5) is 41.4. The van der Waals surface area contributed by atoms with E-state index in [1.807, 2.05) is 0 Å². The number of nitrogens with two attached hydrogens (primary N) is 1. The van der Waals surface area contributed by atoms with E-state index in [2.05, 4.69) is 15.6 Å². The molecular weight excluding hydrogens is 427 g/mol. The number of carbonyl (C=O) groups is 3. The van der Waals surface area contributed by atoms with Gasteiger partial charge in [-0.1, -0.05) is 23.7 Å². The van der Waals surface area contributed by atoms with Gasteiger partial charge < -0.3 is 21.1 Å². The Morgan fingerprint density at radius 3 is 2.42 bits per heavy atom. The summed E-state index contributed by atoms with van der Waals surface area (Å²) in [5.74, 6) is -2.55. The van der Waals surface area contributed by atoms with Crippen molar-refractivity contribution in [1.82, 2.24) is 5.32 Å². The van der Waals surface area contributed by atoms with E-state index in [0.717, 1.165) is 12.1 Å². The topological polar surface area (TPSA) is 123 Å². The molecule has 1 atom stereocenters. The number of nitrogens with one attached hydrogen (secondary N) is 2. The predicted octanol–water partition coefficient (Wildman–Crippen LogP) is 2.37. The van der Waals surface area contributed by atoms with Gasteiger partial charge in [0.15, 0.2) is 0 Å². The minimum absolute atomic E-state index is 0.0295. The fourth-order valence-corrected chi connectivity index (χ4v) is 3.40. The molecule has 0 saturated carbocycles. The second kappa shape index (κ2) is 8.83. The third-order valence-corrected chi connectivity index (χ3v) is 4.86. The van der Waals surface area contributed by atoms with Gasteiger partial charge in [-0.05, 0) is 49.7 Å². The normalized spacial score (nSPS) is 17.9. The predicted molar refractivity (Wildman–Crippen MR) is 113 cm³/mol. The van der Waals surface area contributed by atoms with E-state index in [4.69, 9.17) is 22.1 Å². The zero-order chi connectivity index (χ0) is 22.8. The van der Waals surface area contributed by atoms with Crippen molar-refractivity contribution in [1.29, 1.82) is 0 Å². The summed E-state index contributed by atoms with van der Waals surface area (Å²) in [6.07, 6.45) is 0. The fraction of sp³-hybridized carbons (Fsp3) is 0.238. The summed E-state index contributed by atoms with van der Waals surface area (Å²) in [5, 5.41) is 5.27. The van der Waals surface area contributed by atoms with Crippen LogP contribution in [0.5, 0.6) is 0 Å². The van der Waals surface area contributed by atoms with Crippen molar-refractivity contribution in [3.05, 3.63) is 64.4 Å². The van der Waals surface area contributed by atoms with E-state index < -0.39 is 29.1 Å². The van der Waals surface area contributed by atoms with Crippen LogP contribution in [0.2, 0.25) is 5.02 Å². The first-order chi connectivity index (χ1) is 14.6. The Morgan fingerprint density at radius 2 is 1.84 bits per heavy atom. The first-order valence-corrected chi connectivity index (χ1v) is 9.69. The lowest BCUT2D eigenvalue weighted by molar-refractivity contribution is -0.135. The summed E-state index contributed by atoms with van der Waals surface area (Å²) in [7, 11) is 0. The molecule has 1 aliphatic heterocycles. The van der Waals surface area contributed by atoms with Crippen molar-refractivity contribution in [3.8, 4) is 0 Å². The summed E-state index contributed by atoms with van der Waals surface area (Å²) in [6.45, 7) is 3.33. The summed E-state index contributed by atoms with van der Waals surface area (Å²) >= 11 is 5.92. The third-order valence-electron chi connectivity index (χ3n) is 4.54. The summed E-state index contributed by atoms with van der Waals surface area (Å²) in [5.41, 5.74) is 4.38. The molecule has 1 heterocycles. The molecule has 31 heavy (non-hydrogen) atoms. The maximum atomic E-state index is 13.2. The van der Waals surface area contributed by atoms with E-state index in [1.54, 1.807) is 13.8 Å². The van der Waals surface area contributed by atoms with E-state index in [0.29, 0.717) is 5.69 Å². The molecule has 0 fully saturated rings. The largest absolute Gasteiger partial charge is 0.366 e. The summed E-state index contributed by atoms with van der Waals surface area (Å²) < 4.78 is 18.7. The molecule has 1 unspecified atom stereocenters. The molecule has 0 radical (unpaired) electrons. The Hall–Kier alpha value is -3.30. The number of carbonyl (C=O) groups excluding carboxylic acids is 3. The Labute approximate surface area is 182 Å². The third kappa shape index (κ3) is 4.42. The molecule has 8 nitrogen and oxygen atoms in total. The molecule has 4 N–H and O–H groups in total. The lowest BCUT2D eigenvalue weighted by Gasteiger charge is -2.27. The van der Waals surface area contributed by atoms with Gasteiger partial charge in [-0.25, -0.2) is 4.39 Å². The van der Waals surface area contributed by atoms with Gasteiger partial charge in [0.2, 0.25) is 5.60 Å². The van der Waals surface area contributed by atoms with Crippen molar-refractivity contribution < 1.29 is 23.5 Å². The number of benzene rings is 2. The standard InChI is InChI=1S/C21H20ClFN4O4/c1-11(2)26-19(29)17-21(20(24)30,31-10-25-17)12-3-6-14(7-4-12)27-18(28)15-8-5-13(23)9-16(15)22/h3-9,11H,10H2,1-2H3,(H2,24,30)(H,26,29)(H,27,28). The van der Waals surface area contributed by atoms with Gasteiger partial charge in [0.1, 0.15) is 18.3 Å². The van der Waals surface area contributed by atoms with Crippen LogP contribution in [0.1, 0.15) is 29.8 Å². The van der Waals surface area contributed by atoms with Crippen LogP contribution in [0, 0.1) is 5.82 Å². The van der Waals surface area contributed by atoms with Crippen LogP contribution in [-0.4, -0.2) is 36.2 Å². The monoisotopic (exact) mass is 446 g/mol. The molecule has 0 spiro atoms. The maximum Gasteiger partial charge on any atom is 0.269 e. The second-order valence-corrected chi connectivity index (χ2v) is 7.52. The number of halogens is 2. The van der Waals surface area contributed by atoms with Gasteiger partial charge in [0.25, 0.3) is 17.7 Å². The highest BCUT2D eigenvalue weighted by Crippen LogP contribution is 2.33. The average molecular weight is 447 g/mol. The van der Waals surface area contributed by atoms with E-state index in [1.165, 1.54) is 30.3 Å². The summed E-state index contributed by atoms with van der Waals surface area (Å²) in [6, 6.07) is 9.26. The Balaban J connectivity index is 1.86. The molecule has 1 aliphatic rings. The molecule has 162 valence electrons. The molecule has 2 aromatic rings. The molecule has 0 aliphatic carbocycles. The maximum absolute atomic E-state index is 13.2. The number of hydrogen-bond acceptors (Lipinski definition) is 5. The number of anilines is 1. The van der Waals surface area contributed by atoms with Crippen LogP contribution in [0.4, 0.5) is 10.1 Å². The zero-order valence-electron chi connectivity index (χ0n) is 16.7. The molecular formula is C21H20ClFN4O4. The highest BCUT2D eigenvalue weighted by Gasteiger charge is 2.51. The molecule has 2 aromatic carbocycles. The van der Waals surface area contributed by atoms with E-state index >= 15 is 0 Å². The highest BCUT2D eigenvalue weighted by atomic mass is 35.5. The lowest BCUT2D eigenvalue weighted by Crippen LogP contribution is -2.53. The van der Waals surface area contributed by atoms with Crippen molar-refractivity contribution in [3.63, 3.8) is 0 Å². The van der Waals surface area contributed by atoms with E-state index in [-0.39, 0.29) is 34.6 Å². The van der Waals surface area contributed by atoms with Gasteiger partial charge in [0.05, 0.1) is 10.6 Å². The van der Waals surface area contributed by atoms with Gasteiger partial charge in [0, 0.05) is 11.7 Å². The number of rotatable bonds is 6. The fourth-order valence-electron chi connectivity index (χ4n) is 3.15. The lowest BCUT2D eigenvalue weighted by atomic mass is 9.87. The molecule has 10 heteroatoms. The Kier molecular flexibility index (Phi) is 6.37. The number of aliphatic imine (C=N–C) groups is 1. The molecule has 0 aromatic heterocycles. The Morgan fingerprint density at radius 1 is 1.16 bits per heavy atom. The van der Waals surface area contributed by atoms with Crippen LogP contribution in [0.3, 0.4) is 0 Å². The number of amides is 3. The van der Waals surface area contributed by atoms with Crippen LogP contribution in [-0.2, 0) is 19.9 Å². The number of ether oxygens (including phenoxy) is 1. The first-order valence-electron chi connectivity index (χ1n) is 9.31. The van der Waals surface area contributed by atoms with Gasteiger partial charge in [-0.15, -0.1) is 0 Å². The van der Waals surface area contributed by atoms with Gasteiger partial charge >= 0.3 is 0 Å². The molecule has 0 bridgehead atoms. The Bertz CT molecular complexity index is 1070. The van der Waals surface area contributed by atoms with Gasteiger partial charge in [-0.2, -0.15) is 0 Å². The van der Waals surface area contributed by atoms with Crippen LogP contribution < -0.4 is 16.4 Å². The van der Waals surface area contributed by atoms with Crippen LogP contribution >= 0.6 is 11.6 Å². The van der Waals surface area contributed by atoms with Gasteiger partial charge in [-0.3, -0.25) is 19.4 Å². The van der Waals surface area contributed by atoms with Crippen molar-refractivity contribution in [2.24, 2.45) is 10.7 Å². The number of hydrogen-bond donors (Lipinski definition) is 3. The van der Waals surface area contributed by atoms with E-state index in [9.17, 15) is 18.8 Å². The minimum Gasteiger partial charge on any atom is -0.366 e. The van der Waals surface area contributed by atoms with Crippen LogP contribution in [0.15, 0.2) is 47.5 Å². The zero-order valence-corrected chi connectivity index (χ0v) is 17.5. The van der Waals surface area contributed by atoms with Crippen molar-refractivity contribution >= 4 is 40.7 Å². The highest BCUT2D eigenvalue weighted by molar-refractivity contribution is 6.46. The van der Waals surface area contributed by atoms with Crippen molar-refractivity contribution in [2.75, 3.05) is 12.0 Å². The quantitative estimate of drug-likeness (QED) is 0.630. The van der Waals surface area contributed by atoms with Crippen molar-refractivity contribution in [2.45, 2.75) is 25.5 Å². The molecule has 3 rings (SSSR count). The number of nitrogens with zero attached hydrogens (tertiary/aromatic N) is 1. The van der Waals surface area contributed by atoms with Crippen LogP contribution in [0.25, 0.3) is 0 Å². The minimum atomic E-state index is -1.85. The average Bonchev–Trinajstić information content (AvgIpc) is 3.14. The second-order valence-electron chi connectivity index (χ2n) is 7.11.